The van der Waals surface area contributed by atoms with Crippen molar-refractivity contribution >= 4 is 10.0 Å². The van der Waals surface area contributed by atoms with E-state index in [-0.39, 0.29) is 10.7 Å². The van der Waals surface area contributed by atoms with Gasteiger partial charge in [-0.3, -0.25) is 0 Å². The highest BCUT2D eigenvalue weighted by molar-refractivity contribution is 7.90. The molecule has 1 heterocycles. The van der Waals surface area contributed by atoms with Crippen LogP contribution in [0.2, 0.25) is 0 Å². The fraction of sp³-hybridized carbons (Fsp3) is 1.00. The molecule has 1 aliphatic carbocycles. The summed E-state index contributed by atoms with van der Waals surface area (Å²) in [5, 5.41) is -0.0452. The highest BCUT2D eigenvalue weighted by Gasteiger charge is 2.44. The maximum Gasteiger partial charge on any atom is 0.216 e. The van der Waals surface area contributed by atoms with Crippen molar-refractivity contribution in [2.75, 3.05) is 13.1 Å². The Labute approximate surface area is 92.9 Å². The van der Waals surface area contributed by atoms with E-state index in [4.69, 9.17) is 0 Å². The smallest absolute Gasteiger partial charge is 0.212 e. The van der Waals surface area contributed by atoms with E-state index in [0.717, 1.165) is 32.4 Å². The normalized spacial score (nSPS) is 29.7. The minimum Gasteiger partial charge on any atom is -0.212 e. The van der Waals surface area contributed by atoms with E-state index in [1.54, 1.807) is 4.31 Å². The first-order valence-electron chi connectivity index (χ1n) is 5.81. The summed E-state index contributed by atoms with van der Waals surface area (Å²) in [7, 11) is -2.93. The Hall–Kier alpha value is -0.0900. The summed E-state index contributed by atoms with van der Waals surface area (Å²) in [4.78, 5) is 0. The molecule has 15 heavy (non-hydrogen) atoms. The average Bonchev–Trinajstić information content (AvgIpc) is 2.80. The number of hydrogen-bond acceptors (Lipinski definition) is 2. The molecule has 1 saturated carbocycles. The number of rotatable bonds is 2. The minimum atomic E-state index is -2.93. The molecule has 1 saturated heterocycles. The van der Waals surface area contributed by atoms with Gasteiger partial charge in [-0.25, -0.2) is 12.7 Å². The molecule has 0 radical (unpaired) electrons. The van der Waals surface area contributed by atoms with Crippen molar-refractivity contribution in [1.29, 1.82) is 0 Å². The third-order valence-corrected chi connectivity index (χ3v) is 6.05. The topological polar surface area (TPSA) is 37.4 Å². The summed E-state index contributed by atoms with van der Waals surface area (Å²) in [6.45, 7) is 8.07. The van der Waals surface area contributed by atoms with Gasteiger partial charge in [-0.05, 0) is 30.6 Å². The Morgan fingerprint density at radius 1 is 1.13 bits per heavy atom. The van der Waals surface area contributed by atoms with Gasteiger partial charge in [0.15, 0.2) is 0 Å². The van der Waals surface area contributed by atoms with Crippen LogP contribution < -0.4 is 0 Å². The van der Waals surface area contributed by atoms with E-state index in [9.17, 15) is 8.42 Å². The molecule has 0 amide bonds. The molecular formula is C11H21NO2S. The number of nitrogens with zero attached hydrogens (tertiary/aromatic N) is 1. The van der Waals surface area contributed by atoms with Crippen molar-refractivity contribution in [1.82, 2.24) is 4.31 Å². The van der Waals surface area contributed by atoms with Crippen LogP contribution in [0.5, 0.6) is 0 Å². The van der Waals surface area contributed by atoms with E-state index in [0.29, 0.717) is 5.92 Å². The molecule has 0 bridgehead atoms. The Morgan fingerprint density at radius 2 is 1.73 bits per heavy atom. The highest BCUT2D eigenvalue weighted by atomic mass is 32.2. The first-order valence-corrected chi connectivity index (χ1v) is 7.31. The molecule has 2 fully saturated rings. The zero-order valence-corrected chi connectivity index (χ0v) is 10.7. The quantitative estimate of drug-likeness (QED) is 0.727. The molecule has 0 aromatic rings. The zero-order valence-electron chi connectivity index (χ0n) is 9.86. The van der Waals surface area contributed by atoms with Crippen LogP contribution >= 0.6 is 0 Å². The standard InChI is InChI=1S/C11H21NO2S/c1-11(2,3)9-6-7-12(8-9)15(13,14)10-4-5-10/h9-10H,4-8H2,1-3H3. The maximum atomic E-state index is 12.0. The van der Waals surface area contributed by atoms with E-state index in [1.165, 1.54) is 0 Å². The lowest BCUT2D eigenvalue weighted by Gasteiger charge is -2.26. The van der Waals surface area contributed by atoms with Crippen molar-refractivity contribution in [3.63, 3.8) is 0 Å². The lowest BCUT2D eigenvalue weighted by molar-refractivity contribution is 0.252. The third-order valence-electron chi connectivity index (χ3n) is 3.68. The van der Waals surface area contributed by atoms with Crippen LogP contribution in [0.25, 0.3) is 0 Å². The molecule has 1 atom stereocenters. The summed E-state index contributed by atoms with van der Waals surface area (Å²) < 4.78 is 25.7. The first kappa shape index (κ1) is 11.4. The van der Waals surface area contributed by atoms with E-state index in [1.807, 2.05) is 0 Å². The summed E-state index contributed by atoms with van der Waals surface area (Å²) in [5.41, 5.74) is 0.230. The minimum absolute atomic E-state index is 0.0452. The Kier molecular flexibility index (Phi) is 2.62. The zero-order chi connectivity index (χ0) is 11.3. The number of sulfonamides is 1. The van der Waals surface area contributed by atoms with Gasteiger partial charge in [0.2, 0.25) is 10.0 Å². The van der Waals surface area contributed by atoms with Crippen LogP contribution in [0.15, 0.2) is 0 Å². The molecule has 1 aliphatic heterocycles. The van der Waals surface area contributed by atoms with Crippen molar-refractivity contribution in [3.8, 4) is 0 Å². The van der Waals surface area contributed by atoms with Crippen molar-refractivity contribution in [3.05, 3.63) is 0 Å². The summed E-state index contributed by atoms with van der Waals surface area (Å²) >= 11 is 0. The molecule has 0 N–H and O–H groups in total. The molecule has 0 aromatic carbocycles. The van der Waals surface area contributed by atoms with Gasteiger partial charge in [0.05, 0.1) is 5.25 Å². The largest absolute Gasteiger partial charge is 0.216 e. The predicted molar refractivity (Wildman–Crippen MR) is 61.1 cm³/mol. The Morgan fingerprint density at radius 3 is 2.13 bits per heavy atom. The predicted octanol–water partition coefficient (Wildman–Crippen LogP) is 1.85. The Bertz CT molecular complexity index is 338. The Balaban J connectivity index is 2.04. The van der Waals surface area contributed by atoms with Crippen LogP contribution in [0, 0.1) is 11.3 Å². The van der Waals surface area contributed by atoms with Gasteiger partial charge in [0.1, 0.15) is 0 Å². The van der Waals surface area contributed by atoms with Crippen LogP contribution in [0.4, 0.5) is 0 Å². The molecule has 3 nitrogen and oxygen atoms in total. The SMILES string of the molecule is CC(C)(C)C1CCN(S(=O)(=O)C2CC2)C1. The fourth-order valence-electron chi connectivity index (χ4n) is 2.24. The maximum absolute atomic E-state index is 12.0. The second-order valence-corrected chi connectivity index (χ2v) is 8.17. The van der Waals surface area contributed by atoms with Gasteiger partial charge in [-0.1, -0.05) is 20.8 Å². The van der Waals surface area contributed by atoms with Crippen LogP contribution in [0.1, 0.15) is 40.0 Å². The molecule has 88 valence electrons. The van der Waals surface area contributed by atoms with Gasteiger partial charge in [0, 0.05) is 13.1 Å². The summed E-state index contributed by atoms with van der Waals surface area (Å²) in [6.07, 6.45) is 2.77. The second kappa shape index (κ2) is 3.45. The monoisotopic (exact) mass is 231 g/mol. The van der Waals surface area contributed by atoms with Crippen molar-refractivity contribution in [2.24, 2.45) is 11.3 Å². The van der Waals surface area contributed by atoms with Gasteiger partial charge in [-0.15, -0.1) is 0 Å². The first-order chi connectivity index (χ1) is 6.82. The molecule has 1 unspecified atom stereocenters. The molecule has 0 spiro atoms. The molecule has 2 rings (SSSR count). The fourth-order valence-corrected chi connectivity index (χ4v) is 4.14. The van der Waals surface area contributed by atoms with Gasteiger partial charge in [0.25, 0.3) is 0 Å². The molecule has 2 aliphatic rings. The second-order valence-electron chi connectivity index (χ2n) is 5.95. The molecule has 0 aromatic heterocycles. The lowest BCUT2D eigenvalue weighted by Crippen LogP contribution is -2.33. The average molecular weight is 231 g/mol. The van der Waals surface area contributed by atoms with E-state index < -0.39 is 10.0 Å². The van der Waals surface area contributed by atoms with Gasteiger partial charge < -0.3 is 0 Å². The highest BCUT2D eigenvalue weighted by Crippen LogP contribution is 2.38. The van der Waals surface area contributed by atoms with Crippen molar-refractivity contribution < 1.29 is 8.42 Å². The van der Waals surface area contributed by atoms with Crippen molar-refractivity contribution in [2.45, 2.75) is 45.3 Å². The summed E-state index contributed by atoms with van der Waals surface area (Å²) in [5.74, 6) is 0.519. The van der Waals surface area contributed by atoms with Gasteiger partial charge in [-0.2, -0.15) is 0 Å². The van der Waals surface area contributed by atoms with Crippen LogP contribution in [-0.4, -0.2) is 31.1 Å². The summed E-state index contributed by atoms with van der Waals surface area (Å²) in [6, 6.07) is 0. The van der Waals surface area contributed by atoms with Crippen LogP contribution in [-0.2, 0) is 10.0 Å². The number of hydrogen-bond donors (Lipinski definition) is 0. The van der Waals surface area contributed by atoms with E-state index >= 15 is 0 Å². The lowest BCUT2D eigenvalue weighted by atomic mass is 9.80. The van der Waals surface area contributed by atoms with Gasteiger partial charge >= 0.3 is 0 Å². The third kappa shape index (κ3) is 2.21. The van der Waals surface area contributed by atoms with Crippen LogP contribution in [0.3, 0.4) is 0 Å². The molecule has 4 heteroatoms. The van der Waals surface area contributed by atoms with E-state index in [2.05, 4.69) is 20.8 Å². The molecular weight excluding hydrogens is 210 g/mol.